The van der Waals surface area contributed by atoms with Gasteiger partial charge in [-0.15, -0.1) is 0 Å². The lowest BCUT2D eigenvalue weighted by atomic mass is 9.93. The van der Waals surface area contributed by atoms with Crippen molar-refractivity contribution in [2.45, 2.75) is 25.7 Å². The maximum absolute atomic E-state index is 14.3. The van der Waals surface area contributed by atoms with Crippen molar-refractivity contribution in [3.05, 3.63) is 71.4 Å². The van der Waals surface area contributed by atoms with Gasteiger partial charge in [0.25, 0.3) is 0 Å². The maximum atomic E-state index is 14.3. The van der Waals surface area contributed by atoms with E-state index in [4.69, 9.17) is 0 Å². The number of halogens is 2. The van der Waals surface area contributed by atoms with Crippen LogP contribution in [0.1, 0.15) is 24.1 Å². The lowest BCUT2D eigenvalue weighted by Gasteiger charge is -2.12. The van der Waals surface area contributed by atoms with Crippen molar-refractivity contribution in [3.8, 4) is 16.9 Å². The summed E-state index contributed by atoms with van der Waals surface area (Å²) >= 11 is 0. The van der Waals surface area contributed by atoms with Crippen LogP contribution in [0.25, 0.3) is 16.9 Å². The van der Waals surface area contributed by atoms with Gasteiger partial charge >= 0.3 is 0 Å². The second-order valence-electron chi connectivity index (χ2n) is 5.85. The van der Waals surface area contributed by atoms with E-state index in [0.29, 0.717) is 5.69 Å². The second kappa shape index (κ2) is 5.61. The molecule has 116 valence electrons. The molecule has 2 nitrogen and oxygen atoms in total. The standard InChI is InChI=1S/C19H16F2N2/c20-14-10-11-18(16(21)12-14)23-19(13-6-2-1-3-7-13)15-8-4-5-9-17(15)22-23/h1-3,6-7,10-12H,4-5,8-9H2. The molecule has 1 heterocycles. The summed E-state index contributed by atoms with van der Waals surface area (Å²) in [6.45, 7) is 0. The van der Waals surface area contributed by atoms with E-state index in [2.05, 4.69) is 5.10 Å². The third-order valence-electron chi connectivity index (χ3n) is 4.34. The van der Waals surface area contributed by atoms with Crippen LogP contribution in [0.3, 0.4) is 0 Å². The molecule has 0 radical (unpaired) electrons. The number of fused-ring (bicyclic) bond motifs is 1. The number of rotatable bonds is 2. The Morgan fingerprint density at radius 1 is 0.913 bits per heavy atom. The molecule has 0 amide bonds. The maximum Gasteiger partial charge on any atom is 0.151 e. The molecule has 0 N–H and O–H groups in total. The highest BCUT2D eigenvalue weighted by Gasteiger charge is 2.23. The van der Waals surface area contributed by atoms with Crippen LogP contribution in [0.4, 0.5) is 8.78 Å². The van der Waals surface area contributed by atoms with Gasteiger partial charge in [-0.05, 0) is 37.8 Å². The first-order valence-corrected chi connectivity index (χ1v) is 7.85. The van der Waals surface area contributed by atoms with Gasteiger partial charge in [0, 0.05) is 17.2 Å². The SMILES string of the molecule is Fc1ccc(-n2nc3c(c2-c2ccccc2)CCCC3)c(F)c1. The average molecular weight is 310 g/mol. The number of aromatic nitrogens is 2. The van der Waals surface area contributed by atoms with Gasteiger partial charge in [0.15, 0.2) is 5.82 Å². The first-order chi connectivity index (χ1) is 11.2. The van der Waals surface area contributed by atoms with E-state index in [0.717, 1.165) is 48.7 Å². The largest absolute Gasteiger partial charge is 0.230 e. The van der Waals surface area contributed by atoms with Crippen LogP contribution >= 0.6 is 0 Å². The van der Waals surface area contributed by atoms with Crippen molar-refractivity contribution in [1.82, 2.24) is 9.78 Å². The van der Waals surface area contributed by atoms with Crippen molar-refractivity contribution < 1.29 is 8.78 Å². The number of nitrogens with zero attached hydrogens (tertiary/aromatic N) is 2. The molecular weight excluding hydrogens is 294 g/mol. The quantitative estimate of drug-likeness (QED) is 0.671. The van der Waals surface area contributed by atoms with E-state index in [1.165, 1.54) is 17.7 Å². The molecule has 1 aromatic heterocycles. The molecule has 1 aliphatic rings. The molecule has 23 heavy (non-hydrogen) atoms. The van der Waals surface area contributed by atoms with Crippen molar-refractivity contribution >= 4 is 0 Å². The molecule has 0 saturated carbocycles. The minimum Gasteiger partial charge on any atom is -0.230 e. The molecule has 1 aliphatic carbocycles. The summed E-state index contributed by atoms with van der Waals surface area (Å²) in [6.07, 6.45) is 4.07. The molecule has 0 spiro atoms. The Labute approximate surface area is 133 Å². The summed E-state index contributed by atoms with van der Waals surface area (Å²) in [7, 11) is 0. The van der Waals surface area contributed by atoms with Crippen LogP contribution in [-0.4, -0.2) is 9.78 Å². The van der Waals surface area contributed by atoms with E-state index < -0.39 is 11.6 Å². The third-order valence-corrected chi connectivity index (χ3v) is 4.34. The predicted octanol–water partition coefficient (Wildman–Crippen LogP) is 4.70. The Bertz CT molecular complexity index is 853. The number of aryl methyl sites for hydroxylation is 1. The molecule has 0 unspecified atom stereocenters. The van der Waals surface area contributed by atoms with Gasteiger partial charge in [-0.1, -0.05) is 30.3 Å². The van der Waals surface area contributed by atoms with E-state index in [-0.39, 0.29) is 0 Å². The molecule has 4 heteroatoms. The van der Waals surface area contributed by atoms with Crippen molar-refractivity contribution in [2.24, 2.45) is 0 Å². The summed E-state index contributed by atoms with van der Waals surface area (Å²) < 4.78 is 29.2. The second-order valence-corrected chi connectivity index (χ2v) is 5.85. The highest BCUT2D eigenvalue weighted by Crippen LogP contribution is 2.34. The molecule has 0 bridgehead atoms. The number of hydrogen-bond donors (Lipinski definition) is 0. The summed E-state index contributed by atoms with van der Waals surface area (Å²) in [6, 6.07) is 13.5. The Morgan fingerprint density at radius 3 is 2.48 bits per heavy atom. The lowest BCUT2D eigenvalue weighted by Crippen LogP contribution is -2.03. The fourth-order valence-corrected chi connectivity index (χ4v) is 3.27. The first kappa shape index (κ1) is 14.1. The van der Waals surface area contributed by atoms with Gasteiger partial charge in [0.2, 0.25) is 0 Å². The van der Waals surface area contributed by atoms with Crippen molar-refractivity contribution in [3.63, 3.8) is 0 Å². The number of benzene rings is 2. The number of hydrogen-bond acceptors (Lipinski definition) is 1. The highest BCUT2D eigenvalue weighted by atomic mass is 19.1. The van der Waals surface area contributed by atoms with E-state index in [9.17, 15) is 8.78 Å². The fourth-order valence-electron chi connectivity index (χ4n) is 3.27. The predicted molar refractivity (Wildman–Crippen MR) is 85.6 cm³/mol. The summed E-state index contributed by atoms with van der Waals surface area (Å²) in [5.41, 5.74) is 4.43. The zero-order valence-electron chi connectivity index (χ0n) is 12.6. The molecule has 2 aromatic carbocycles. The Hall–Kier alpha value is -2.49. The van der Waals surface area contributed by atoms with Crippen molar-refractivity contribution in [2.75, 3.05) is 0 Å². The Kier molecular flexibility index (Phi) is 3.45. The normalized spacial score (nSPS) is 13.8. The summed E-state index contributed by atoms with van der Waals surface area (Å²) in [4.78, 5) is 0. The molecule has 0 aliphatic heterocycles. The van der Waals surface area contributed by atoms with Crippen LogP contribution in [0.5, 0.6) is 0 Å². The Balaban J connectivity index is 1.98. The van der Waals surface area contributed by atoms with Gasteiger partial charge < -0.3 is 0 Å². The third kappa shape index (κ3) is 2.44. The van der Waals surface area contributed by atoms with Crippen molar-refractivity contribution in [1.29, 1.82) is 0 Å². The summed E-state index contributed by atoms with van der Waals surface area (Å²) in [5.74, 6) is -1.17. The highest BCUT2D eigenvalue weighted by molar-refractivity contribution is 5.67. The van der Waals surface area contributed by atoms with Gasteiger partial charge in [-0.25, -0.2) is 13.5 Å². The van der Waals surface area contributed by atoms with E-state index in [1.54, 1.807) is 4.68 Å². The zero-order chi connectivity index (χ0) is 15.8. The van der Waals surface area contributed by atoms with Gasteiger partial charge in [-0.3, -0.25) is 0 Å². The van der Waals surface area contributed by atoms with Gasteiger partial charge in [0.1, 0.15) is 11.5 Å². The molecular formula is C19H16F2N2. The smallest absolute Gasteiger partial charge is 0.151 e. The average Bonchev–Trinajstić information content (AvgIpc) is 2.94. The monoisotopic (exact) mass is 310 g/mol. The Morgan fingerprint density at radius 2 is 1.70 bits per heavy atom. The van der Waals surface area contributed by atoms with Crippen LogP contribution in [0, 0.1) is 11.6 Å². The summed E-state index contributed by atoms with van der Waals surface area (Å²) in [5, 5.41) is 4.64. The minimum absolute atomic E-state index is 0.291. The molecule has 0 fully saturated rings. The fraction of sp³-hybridized carbons (Fsp3) is 0.211. The zero-order valence-corrected chi connectivity index (χ0v) is 12.6. The molecule has 4 rings (SSSR count). The molecule has 3 aromatic rings. The van der Waals surface area contributed by atoms with E-state index in [1.807, 2.05) is 30.3 Å². The topological polar surface area (TPSA) is 17.8 Å². The van der Waals surface area contributed by atoms with Gasteiger partial charge in [0.05, 0.1) is 11.4 Å². The van der Waals surface area contributed by atoms with Crippen LogP contribution in [0.2, 0.25) is 0 Å². The van der Waals surface area contributed by atoms with E-state index >= 15 is 0 Å². The lowest BCUT2D eigenvalue weighted by molar-refractivity contribution is 0.573. The molecule has 0 saturated heterocycles. The first-order valence-electron chi connectivity index (χ1n) is 7.85. The molecule has 0 atom stereocenters. The minimum atomic E-state index is -0.595. The van der Waals surface area contributed by atoms with Crippen LogP contribution in [-0.2, 0) is 12.8 Å². The van der Waals surface area contributed by atoms with Crippen LogP contribution < -0.4 is 0 Å². The van der Waals surface area contributed by atoms with Crippen LogP contribution in [0.15, 0.2) is 48.5 Å². The van der Waals surface area contributed by atoms with Gasteiger partial charge in [-0.2, -0.15) is 5.10 Å².